The molecule has 0 aliphatic rings. The summed E-state index contributed by atoms with van der Waals surface area (Å²) in [6, 6.07) is 27.1. The average molecular weight is 373 g/mol. The third-order valence-electron chi connectivity index (χ3n) is 5.18. The van der Waals surface area contributed by atoms with Crippen LogP contribution in [0.15, 0.2) is 78.9 Å². The van der Waals surface area contributed by atoms with Crippen molar-refractivity contribution < 1.29 is 9.90 Å². The van der Waals surface area contributed by atoms with Crippen molar-refractivity contribution in [1.82, 2.24) is 0 Å². The molecular weight excluding hydrogens is 346 g/mol. The monoisotopic (exact) mass is 373 g/mol. The number of benzene rings is 3. The summed E-state index contributed by atoms with van der Waals surface area (Å²) in [6.45, 7) is 2.43. The highest BCUT2D eigenvalue weighted by Gasteiger charge is 2.17. The molecule has 3 heteroatoms. The minimum Gasteiger partial charge on any atom is -0.392 e. The summed E-state index contributed by atoms with van der Waals surface area (Å²) in [5.74, 6) is 0.279. The SMILES string of the molecule is CCN(C=O)c1cc(C(Cc2ccccc2)Cc2ccccc2)ccc1CO. The van der Waals surface area contributed by atoms with Gasteiger partial charge in [-0.1, -0.05) is 72.8 Å². The fourth-order valence-electron chi connectivity index (χ4n) is 3.64. The van der Waals surface area contributed by atoms with Crippen LogP contribution in [0.3, 0.4) is 0 Å². The quantitative estimate of drug-likeness (QED) is 0.551. The lowest BCUT2D eigenvalue weighted by Crippen LogP contribution is -2.22. The molecule has 1 amide bonds. The molecule has 0 spiro atoms. The maximum Gasteiger partial charge on any atom is 0.214 e. The van der Waals surface area contributed by atoms with Gasteiger partial charge in [-0.05, 0) is 48.4 Å². The van der Waals surface area contributed by atoms with Gasteiger partial charge in [0, 0.05) is 17.8 Å². The Balaban J connectivity index is 1.98. The fraction of sp³-hybridized carbons (Fsp3) is 0.240. The van der Waals surface area contributed by atoms with Crippen molar-refractivity contribution in [2.24, 2.45) is 0 Å². The summed E-state index contributed by atoms with van der Waals surface area (Å²) >= 11 is 0. The predicted octanol–water partition coefficient (Wildman–Crippen LogP) is 4.73. The van der Waals surface area contributed by atoms with Gasteiger partial charge in [0.25, 0.3) is 0 Å². The van der Waals surface area contributed by atoms with Gasteiger partial charge in [-0.3, -0.25) is 4.79 Å². The zero-order valence-corrected chi connectivity index (χ0v) is 16.3. The Labute approximate surface area is 167 Å². The highest BCUT2D eigenvalue weighted by molar-refractivity contribution is 5.77. The van der Waals surface area contributed by atoms with Gasteiger partial charge in [-0.2, -0.15) is 0 Å². The lowest BCUT2D eigenvalue weighted by Gasteiger charge is -2.23. The molecule has 0 heterocycles. The maximum atomic E-state index is 11.5. The molecule has 0 aromatic heterocycles. The summed E-state index contributed by atoms with van der Waals surface area (Å²) in [5, 5.41) is 9.72. The molecule has 3 aromatic carbocycles. The largest absolute Gasteiger partial charge is 0.392 e. The normalized spacial score (nSPS) is 10.8. The molecule has 0 aliphatic carbocycles. The standard InChI is InChI=1S/C25H27NO2/c1-2-26(19-28)25-17-22(13-14-23(25)18-27)24(15-20-9-5-3-6-10-20)16-21-11-7-4-8-12-21/h3-14,17,19,24,27H,2,15-16,18H2,1H3. The van der Waals surface area contributed by atoms with E-state index in [9.17, 15) is 9.90 Å². The second-order valence-electron chi connectivity index (χ2n) is 7.01. The molecule has 0 fully saturated rings. The number of carbonyl (C=O) groups is 1. The van der Waals surface area contributed by atoms with E-state index in [1.165, 1.54) is 16.7 Å². The lowest BCUT2D eigenvalue weighted by atomic mass is 9.86. The Bertz CT molecular complexity index is 836. The number of aliphatic hydroxyl groups is 1. The van der Waals surface area contributed by atoms with Gasteiger partial charge in [0.1, 0.15) is 0 Å². The first-order chi connectivity index (χ1) is 13.7. The van der Waals surface area contributed by atoms with Crippen LogP contribution in [0.5, 0.6) is 0 Å². The third kappa shape index (κ3) is 4.87. The first-order valence-corrected chi connectivity index (χ1v) is 9.78. The molecule has 0 atom stereocenters. The van der Waals surface area contributed by atoms with E-state index in [0.29, 0.717) is 6.54 Å². The Morgan fingerprint density at radius 1 is 0.893 bits per heavy atom. The molecular formula is C25H27NO2. The second-order valence-corrected chi connectivity index (χ2v) is 7.01. The Morgan fingerprint density at radius 3 is 1.93 bits per heavy atom. The van der Waals surface area contributed by atoms with Crippen molar-refractivity contribution in [2.45, 2.75) is 32.3 Å². The zero-order valence-electron chi connectivity index (χ0n) is 16.3. The van der Waals surface area contributed by atoms with E-state index in [1.807, 2.05) is 25.1 Å². The van der Waals surface area contributed by atoms with Crippen LogP contribution >= 0.6 is 0 Å². The van der Waals surface area contributed by atoms with Gasteiger partial charge in [0.05, 0.1) is 6.61 Å². The van der Waals surface area contributed by atoms with Gasteiger partial charge >= 0.3 is 0 Å². The van der Waals surface area contributed by atoms with Gasteiger partial charge in [0.15, 0.2) is 0 Å². The molecule has 3 rings (SSSR count). The maximum absolute atomic E-state index is 11.5. The number of nitrogens with zero attached hydrogens (tertiary/aromatic N) is 1. The summed E-state index contributed by atoms with van der Waals surface area (Å²) in [5.41, 5.74) is 5.33. The molecule has 144 valence electrons. The van der Waals surface area contributed by atoms with E-state index in [2.05, 4.69) is 60.7 Å². The molecule has 3 aromatic rings. The smallest absolute Gasteiger partial charge is 0.214 e. The highest BCUT2D eigenvalue weighted by Crippen LogP contribution is 2.30. The molecule has 0 aliphatic heterocycles. The van der Waals surface area contributed by atoms with Crippen LogP contribution in [0.4, 0.5) is 5.69 Å². The molecule has 0 unspecified atom stereocenters. The minimum absolute atomic E-state index is 0.0814. The van der Waals surface area contributed by atoms with Crippen LogP contribution in [-0.4, -0.2) is 18.1 Å². The first-order valence-electron chi connectivity index (χ1n) is 9.78. The van der Waals surface area contributed by atoms with Crippen molar-refractivity contribution >= 4 is 12.1 Å². The summed E-state index contributed by atoms with van der Waals surface area (Å²) in [4.78, 5) is 13.2. The van der Waals surface area contributed by atoms with E-state index in [4.69, 9.17) is 0 Å². The topological polar surface area (TPSA) is 40.5 Å². The van der Waals surface area contributed by atoms with E-state index >= 15 is 0 Å². The highest BCUT2D eigenvalue weighted by atomic mass is 16.3. The summed E-state index contributed by atoms with van der Waals surface area (Å²) in [7, 11) is 0. The van der Waals surface area contributed by atoms with E-state index < -0.39 is 0 Å². The first kappa shape index (κ1) is 19.8. The van der Waals surface area contributed by atoms with Crippen molar-refractivity contribution in [2.75, 3.05) is 11.4 Å². The Hall–Kier alpha value is -2.91. The molecule has 0 radical (unpaired) electrons. The lowest BCUT2D eigenvalue weighted by molar-refractivity contribution is -0.107. The molecule has 1 N–H and O–H groups in total. The van der Waals surface area contributed by atoms with Crippen LogP contribution in [0.2, 0.25) is 0 Å². The van der Waals surface area contributed by atoms with Gasteiger partial charge in [0.2, 0.25) is 6.41 Å². The van der Waals surface area contributed by atoms with Crippen molar-refractivity contribution in [3.05, 3.63) is 101 Å². The van der Waals surface area contributed by atoms with Gasteiger partial charge in [-0.25, -0.2) is 0 Å². The Kier molecular flexibility index (Phi) is 6.99. The van der Waals surface area contributed by atoms with Crippen LogP contribution in [-0.2, 0) is 24.2 Å². The van der Waals surface area contributed by atoms with E-state index in [0.717, 1.165) is 30.5 Å². The summed E-state index contributed by atoms with van der Waals surface area (Å²) in [6.07, 6.45) is 2.67. The molecule has 0 saturated heterocycles. The Morgan fingerprint density at radius 2 is 1.46 bits per heavy atom. The van der Waals surface area contributed by atoms with Crippen molar-refractivity contribution in [1.29, 1.82) is 0 Å². The molecule has 3 nitrogen and oxygen atoms in total. The predicted molar refractivity (Wildman–Crippen MR) is 114 cm³/mol. The van der Waals surface area contributed by atoms with E-state index in [-0.39, 0.29) is 12.5 Å². The van der Waals surface area contributed by atoms with Gasteiger partial charge in [-0.15, -0.1) is 0 Å². The molecule has 28 heavy (non-hydrogen) atoms. The number of amides is 1. The number of hydrogen-bond acceptors (Lipinski definition) is 2. The van der Waals surface area contributed by atoms with Gasteiger partial charge < -0.3 is 10.0 Å². The van der Waals surface area contributed by atoms with Crippen LogP contribution < -0.4 is 4.90 Å². The number of anilines is 1. The number of aliphatic hydroxyl groups excluding tert-OH is 1. The minimum atomic E-state index is -0.0814. The van der Waals surface area contributed by atoms with Crippen molar-refractivity contribution in [3.8, 4) is 0 Å². The molecule has 0 bridgehead atoms. The van der Waals surface area contributed by atoms with Crippen LogP contribution in [0.25, 0.3) is 0 Å². The fourth-order valence-corrected chi connectivity index (χ4v) is 3.64. The molecule has 0 saturated carbocycles. The van der Waals surface area contributed by atoms with E-state index in [1.54, 1.807) is 4.90 Å². The third-order valence-corrected chi connectivity index (χ3v) is 5.18. The zero-order chi connectivity index (χ0) is 19.8. The van der Waals surface area contributed by atoms with Crippen molar-refractivity contribution in [3.63, 3.8) is 0 Å². The number of carbonyl (C=O) groups excluding carboxylic acids is 1. The average Bonchev–Trinajstić information content (AvgIpc) is 2.75. The number of rotatable bonds is 9. The van der Waals surface area contributed by atoms with Crippen LogP contribution in [0, 0.1) is 0 Å². The number of hydrogen-bond donors (Lipinski definition) is 1. The summed E-state index contributed by atoms with van der Waals surface area (Å²) < 4.78 is 0. The second kappa shape index (κ2) is 9.86. The van der Waals surface area contributed by atoms with Crippen LogP contribution in [0.1, 0.15) is 35.1 Å².